The quantitative estimate of drug-likeness (QED) is 0.399. The third kappa shape index (κ3) is 26.8. The maximum Gasteiger partial charge on any atom is 0.0649 e. The van der Waals surface area contributed by atoms with Crippen molar-refractivity contribution in [2.24, 2.45) is 0 Å². The molecule has 114 valence electrons. The summed E-state index contributed by atoms with van der Waals surface area (Å²) in [5.74, 6) is 0. The standard InChI is InChI=1S/C10H22O2.C6H10O/c11-9-7-5-3-1-2-4-6-8-10-12;1-3-5-7-6-4-2/h11-12H,1-10H2;3-4H,1-2,5-6H2. The zero-order chi connectivity index (χ0) is 14.6. The number of aliphatic hydroxyl groups excluding tert-OH is 2. The number of rotatable bonds is 13. The van der Waals surface area contributed by atoms with Crippen LogP contribution < -0.4 is 0 Å². The summed E-state index contributed by atoms with van der Waals surface area (Å²) in [5.41, 5.74) is 0. The molecule has 0 aromatic carbocycles. The second kappa shape index (κ2) is 22.5. The van der Waals surface area contributed by atoms with Gasteiger partial charge in [0, 0.05) is 13.2 Å². The highest BCUT2D eigenvalue weighted by molar-refractivity contribution is 4.68. The summed E-state index contributed by atoms with van der Waals surface area (Å²) in [6.45, 7) is 8.86. The molecule has 0 spiro atoms. The van der Waals surface area contributed by atoms with Crippen molar-refractivity contribution in [3.05, 3.63) is 25.3 Å². The van der Waals surface area contributed by atoms with Gasteiger partial charge in [0.15, 0.2) is 0 Å². The van der Waals surface area contributed by atoms with Gasteiger partial charge in [-0.15, -0.1) is 13.2 Å². The summed E-state index contributed by atoms with van der Waals surface area (Å²) in [7, 11) is 0. The Hall–Kier alpha value is -0.640. The zero-order valence-corrected chi connectivity index (χ0v) is 12.4. The van der Waals surface area contributed by atoms with Crippen LogP contribution in [0.5, 0.6) is 0 Å². The van der Waals surface area contributed by atoms with Crippen LogP contribution in [-0.2, 0) is 4.74 Å². The first-order valence-corrected chi connectivity index (χ1v) is 7.34. The van der Waals surface area contributed by atoms with Crippen LogP contribution in [0.25, 0.3) is 0 Å². The predicted molar refractivity (Wildman–Crippen MR) is 82.3 cm³/mol. The van der Waals surface area contributed by atoms with Gasteiger partial charge in [-0.05, 0) is 12.8 Å². The molecule has 0 aromatic rings. The Morgan fingerprint density at radius 3 is 1.21 bits per heavy atom. The molecule has 3 nitrogen and oxygen atoms in total. The lowest BCUT2D eigenvalue weighted by Gasteiger charge is -1.99. The number of hydrogen-bond donors (Lipinski definition) is 2. The van der Waals surface area contributed by atoms with Gasteiger partial charge in [-0.3, -0.25) is 0 Å². The third-order valence-corrected chi connectivity index (χ3v) is 2.54. The van der Waals surface area contributed by atoms with E-state index in [9.17, 15) is 0 Å². The minimum absolute atomic E-state index is 0.338. The summed E-state index contributed by atoms with van der Waals surface area (Å²) in [5, 5.41) is 17.0. The molecule has 0 atom stereocenters. The molecule has 3 heteroatoms. The van der Waals surface area contributed by atoms with Gasteiger partial charge in [-0.25, -0.2) is 0 Å². The SMILES string of the molecule is C=CCOCC=C.OCCCCCCCCCCO. The van der Waals surface area contributed by atoms with E-state index in [0.29, 0.717) is 26.4 Å². The van der Waals surface area contributed by atoms with Crippen LogP contribution in [-0.4, -0.2) is 36.6 Å². The molecule has 0 radical (unpaired) electrons. The molecule has 0 unspecified atom stereocenters. The van der Waals surface area contributed by atoms with E-state index in [-0.39, 0.29) is 0 Å². The molecule has 0 fully saturated rings. The van der Waals surface area contributed by atoms with Crippen molar-refractivity contribution in [1.82, 2.24) is 0 Å². The molecule has 0 saturated heterocycles. The van der Waals surface area contributed by atoms with E-state index in [4.69, 9.17) is 14.9 Å². The van der Waals surface area contributed by atoms with Crippen LogP contribution in [0.4, 0.5) is 0 Å². The van der Waals surface area contributed by atoms with Crippen LogP contribution in [0.15, 0.2) is 25.3 Å². The van der Waals surface area contributed by atoms with Gasteiger partial charge in [0.05, 0.1) is 13.2 Å². The Kier molecular flexibility index (Phi) is 24.5. The first-order chi connectivity index (χ1) is 9.33. The van der Waals surface area contributed by atoms with E-state index in [1.807, 2.05) is 0 Å². The molecule has 0 aliphatic carbocycles. The third-order valence-electron chi connectivity index (χ3n) is 2.54. The van der Waals surface area contributed by atoms with Crippen molar-refractivity contribution in [1.29, 1.82) is 0 Å². The molecule has 0 aliphatic rings. The van der Waals surface area contributed by atoms with Gasteiger partial charge in [0.25, 0.3) is 0 Å². The fraction of sp³-hybridized carbons (Fsp3) is 0.750. The topological polar surface area (TPSA) is 49.7 Å². The van der Waals surface area contributed by atoms with Gasteiger partial charge in [0.2, 0.25) is 0 Å². The number of unbranched alkanes of at least 4 members (excludes halogenated alkanes) is 7. The van der Waals surface area contributed by atoms with Crippen LogP contribution >= 0.6 is 0 Å². The van der Waals surface area contributed by atoms with Gasteiger partial charge in [-0.2, -0.15) is 0 Å². The molecule has 19 heavy (non-hydrogen) atoms. The van der Waals surface area contributed by atoms with E-state index in [2.05, 4.69) is 13.2 Å². The Morgan fingerprint density at radius 1 is 0.632 bits per heavy atom. The zero-order valence-electron chi connectivity index (χ0n) is 12.4. The summed E-state index contributed by atoms with van der Waals surface area (Å²) in [6.07, 6.45) is 12.7. The minimum atomic E-state index is 0.338. The smallest absolute Gasteiger partial charge is 0.0649 e. The molecule has 0 saturated carbocycles. The van der Waals surface area contributed by atoms with E-state index >= 15 is 0 Å². The molecule has 2 N–H and O–H groups in total. The van der Waals surface area contributed by atoms with E-state index in [0.717, 1.165) is 25.7 Å². The van der Waals surface area contributed by atoms with Gasteiger partial charge in [-0.1, -0.05) is 50.7 Å². The second-order valence-corrected chi connectivity index (χ2v) is 4.39. The summed E-state index contributed by atoms with van der Waals surface area (Å²) in [6, 6.07) is 0. The average Bonchev–Trinajstić information content (AvgIpc) is 2.43. The van der Waals surface area contributed by atoms with Crippen LogP contribution in [0.2, 0.25) is 0 Å². The molecule has 0 bridgehead atoms. The van der Waals surface area contributed by atoms with Gasteiger partial charge < -0.3 is 14.9 Å². The lowest BCUT2D eigenvalue weighted by atomic mass is 10.1. The fourth-order valence-corrected chi connectivity index (χ4v) is 1.52. The van der Waals surface area contributed by atoms with E-state index in [1.165, 1.54) is 25.7 Å². The molecule has 0 aliphatic heterocycles. The van der Waals surface area contributed by atoms with Crippen molar-refractivity contribution in [2.75, 3.05) is 26.4 Å². The minimum Gasteiger partial charge on any atom is -0.396 e. The number of aliphatic hydroxyl groups is 2. The van der Waals surface area contributed by atoms with Crippen LogP contribution in [0, 0.1) is 0 Å². The van der Waals surface area contributed by atoms with Gasteiger partial charge >= 0.3 is 0 Å². The Bertz CT molecular complexity index is 151. The summed E-state index contributed by atoms with van der Waals surface area (Å²) in [4.78, 5) is 0. The van der Waals surface area contributed by atoms with Crippen LogP contribution in [0.1, 0.15) is 51.4 Å². The number of ether oxygens (including phenoxy) is 1. The monoisotopic (exact) mass is 272 g/mol. The first-order valence-electron chi connectivity index (χ1n) is 7.34. The van der Waals surface area contributed by atoms with Crippen molar-refractivity contribution in [3.8, 4) is 0 Å². The van der Waals surface area contributed by atoms with Crippen molar-refractivity contribution in [3.63, 3.8) is 0 Å². The van der Waals surface area contributed by atoms with E-state index in [1.54, 1.807) is 12.2 Å². The molecular weight excluding hydrogens is 240 g/mol. The predicted octanol–water partition coefficient (Wildman–Crippen LogP) is 3.47. The van der Waals surface area contributed by atoms with Gasteiger partial charge in [0.1, 0.15) is 0 Å². The Balaban J connectivity index is 0. The highest BCUT2D eigenvalue weighted by atomic mass is 16.5. The van der Waals surface area contributed by atoms with E-state index < -0.39 is 0 Å². The molecular formula is C16H32O3. The number of hydrogen-bond acceptors (Lipinski definition) is 3. The normalized spacial score (nSPS) is 9.58. The second-order valence-electron chi connectivity index (χ2n) is 4.39. The molecule has 0 aromatic heterocycles. The summed E-state index contributed by atoms with van der Waals surface area (Å²) >= 11 is 0. The van der Waals surface area contributed by atoms with Crippen LogP contribution in [0.3, 0.4) is 0 Å². The Morgan fingerprint density at radius 2 is 0.947 bits per heavy atom. The fourth-order valence-electron chi connectivity index (χ4n) is 1.52. The largest absolute Gasteiger partial charge is 0.396 e. The highest BCUT2D eigenvalue weighted by Gasteiger charge is 1.90. The lowest BCUT2D eigenvalue weighted by molar-refractivity contribution is 0.194. The van der Waals surface area contributed by atoms with Crippen molar-refractivity contribution in [2.45, 2.75) is 51.4 Å². The Labute approximate surface area is 119 Å². The lowest BCUT2D eigenvalue weighted by Crippen LogP contribution is -1.87. The molecule has 0 heterocycles. The average molecular weight is 272 g/mol. The molecule has 0 rings (SSSR count). The molecule has 0 amide bonds. The maximum absolute atomic E-state index is 8.51. The van der Waals surface area contributed by atoms with Crippen molar-refractivity contribution < 1.29 is 14.9 Å². The summed E-state index contributed by atoms with van der Waals surface area (Å²) < 4.78 is 4.90. The van der Waals surface area contributed by atoms with Crippen molar-refractivity contribution >= 4 is 0 Å². The maximum atomic E-state index is 8.51. The first kappa shape index (κ1) is 20.7. The highest BCUT2D eigenvalue weighted by Crippen LogP contribution is 2.07.